The number of hydrogen-bond donors (Lipinski definition) is 2. The molecule has 0 radical (unpaired) electrons. The number of phenols is 1. The van der Waals surface area contributed by atoms with Crippen LogP contribution in [0.15, 0.2) is 46.9 Å². The Kier molecular flexibility index (Phi) is 3.50. The predicted octanol–water partition coefficient (Wildman–Crippen LogP) is 2.78. The van der Waals surface area contributed by atoms with Crippen molar-refractivity contribution in [3.63, 3.8) is 0 Å². The van der Waals surface area contributed by atoms with Crippen LogP contribution in [-0.4, -0.2) is 17.2 Å². The number of oxazole rings is 1. The van der Waals surface area contributed by atoms with Crippen LogP contribution >= 0.6 is 0 Å². The quantitative estimate of drug-likeness (QED) is 0.770. The molecule has 21 heavy (non-hydrogen) atoms. The average molecular weight is 284 g/mol. The van der Waals surface area contributed by atoms with Crippen molar-refractivity contribution in [1.82, 2.24) is 4.98 Å². The zero-order valence-electron chi connectivity index (χ0n) is 11.6. The normalized spacial score (nSPS) is 12.5. The van der Waals surface area contributed by atoms with Crippen molar-refractivity contribution >= 4 is 11.1 Å². The van der Waals surface area contributed by atoms with Crippen LogP contribution in [0.25, 0.3) is 11.1 Å². The molecule has 1 unspecified atom stereocenters. The Labute approximate surface area is 122 Å². The van der Waals surface area contributed by atoms with Crippen molar-refractivity contribution in [2.45, 2.75) is 12.5 Å². The fourth-order valence-corrected chi connectivity index (χ4v) is 2.18. The van der Waals surface area contributed by atoms with Gasteiger partial charge in [0.25, 0.3) is 0 Å². The van der Waals surface area contributed by atoms with E-state index in [4.69, 9.17) is 14.9 Å². The molecule has 1 aromatic heterocycles. The number of nitrogens with zero attached hydrogens (tertiary/aromatic N) is 1. The summed E-state index contributed by atoms with van der Waals surface area (Å²) in [4.78, 5) is 4.41. The number of rotatable bonds is 4. The zero-order chi connectivity index (χ0) is 14.8. The highest BCUT2D eigenvalue weighted by atomic mass is 16.5. The zero-order valence-corrected chi connectivity index (χ0v) is 11.6. The van der Waals surface area contributed by atoms with E-state index in [-0.39, 0.29) is 11.8 Å². The van der Waals surface area contributed by atoms with Crippen molar-refractivity contribution in [3.05, 3.63) is 53.9 Å². The summed E-state index contributed by atoms with van der Waals surface area (Å²) in [6.45, 7) is 0. The molecule has 0 aliphatic heterocycles. The Hall–Kier alpha value is -2.53. The highest BCUT2D eigenvalue weighted by Gasteiger charge is 2.15. The highest BCUT2D eigenvalue weighted by Crippen LogP contribution is 2.25. The molecule has 108 valence electrons. The smallest absolute Gasteiger partial charge is 0.212 e. The van der Waals surface area contributed by atoms with Crippen molar-refractivity contribution in [2.24, 2.45) is 5.73 Å². The number of ether oxygens (including phenoxy) is 1. The molecule has 3 aromatic rings. The number of hydrogen-bond acceptors (Lipinski definition) is 5. The van der Waals surface area contributed by atoms with Gasteiger partial charge in [-0.15, -0.1) is 0 Å². The minimum absolute atomic E-state index is 0.237. The summed E-state index contributed by atoms with van der Waals surface area (Å²) in [5, 5.41) is 9.28. The Morgan fingerprint density at radius 1 is 1.24 bits per heavy atom. The van der Waals surface area contributed by atoms with Gasteiger partial charge in [0, 0.05) is 6.07 Å². The van der Waals surface area contributed by atoms with E-state index < -0.39 is 0 Å². The number of phenolic OH excluding ortho intramolecular Hbond substituents is 1. The lowest BCUT2D eigenvalue weighted by atomic mass is 10.1. The first-order valence-electron chi connectivity index (χ1n) is 6.63. The average Bonchev–Trinajstić information content (AvgIpc) is 2.92. The Bertz CT molecular complexity index is 750. The van der Waals surface area contributed by atoms with Crippen molar-refractivity contribution < 1.29 is 14.3 Å². The van der Waals surface area contributed by atoms with Crippen LogP contribution < -0.4 is 10.5 Å². The summed E-state index contributed by atoms with van der Waals surface area (Å²) in [6, 6.07) is 12.1. The maximum atomic E-state index is 9.28. The number of nitrogens with two attached hydrogens (primary N) is 1. The number of aromatic hydroxyl groups is 1. The highest BCUT2D eigenvalue weighted by molar-refractivity contribution is 5.74. The lowest BCUT2D eigenvalue weighted by Gasteiger charge is -2.07. The van der Waals surface area contributed by atoms with Crippen molar-refractivity contribution in [2.75, 3.05) is 7.11 Å². The first kappa shape index (κ1) is 13.5. The van der Waals surface area contributed by atoms with Gasteiger partial charge >= 0.3 is 0 Å². The van der Waals surface area contributed by atoms with Crippen LogP contribution in [0.3, 0.4) is 0 Å². The molecule has 3 N–H and O–H groups in total. The summed E-state index contributed by atoms with van der Waals surface area (Å²) in [5.41, 5.74) is 8.58. The fourth-order valence-electron chi connectivity index (χ4n) is 2.18. The molecule has 1 heterocycles. The molecule has 2 aromatic carbocycles. The topological polar surface area (TPSA) is 81.5 Å². The largest absolute Gasteiger partial charge is 0.508 e. The van der Waals surface area contributed by atoms with E-state index >= 15 is 0 Å². The molecule has 0 saturated carbocycles. The maximum Gasteiger partial charge on any atom is 0.212 e. The summed E-state index contributed by atoms with van der Waals surface area (Å²) in [7, 11) is 1.61. The van der Waals surface area contributed by atoms with Gasteiger partial charge in [-0.1, -0.05) is 12.1 Å². The number of aromatic nitrogens is 1. The third-order valence-electron chi connectivity index (χ3n) is 3.32. The minimum Gasteiger partial charge on any atom is -0.508 e. The standard InChI is InChI=1S/C16H16N2O3/c1-20-12-6-7-14-15(9-12)21-16(18-14)13(17)8-10-2-4-11(19)5-3-10/h2-7,9,13,19H,8,17H2,1H3. The third kappa shape index (κ3) is 2.83. The first-order chi connectivity index (χ1) is 10.2. The van der Waals surface area contributed by atoms with E-state index in [1.165, 1.54) is 0 Å². The number of methoxy groups -OCH3 is 1. The number of fused-ring (bicyclic) bond motifs is 1. The molecule has 5 nitrogen and oxygen atoms in total. The molecular formula is C16H16N2O3. The minimum atomic E-state index is -0.340. The summed E-state index contributed by atoms with van der Waals surface area (Å²) in [5.74, 6) is 1.45. The maximum absolute atomic E-state index is 9.28. The van der Waals surface area contributed by atoms with Crippen LogP contribution in [0.2, 0.25) is 0 Å². The van der Waals surface area contributed by atoms with Gasteiger partial charge in [-0.3, -0.25) is 0 Å². The molecule has 0 bridgehead atoms. The SMILES string of the molecule is COc1ccc2nc(C(N)Cc3ccc(O)cc3)oc2c1. The molecule has 0 fully saturated rings. The summed E-state index contributed by atoms with van der Waals surface area (Å²) >= 11 is 0. The Balaban J connectivity index is 1.83. The second-order valence-electron chi connectivity index (χ2n) is 4.86. The van der Waals surface area contributed by atoms with Gasteiger partial charge in [0.15, 0.2) is 5.58 Å². The van der Waals surface area contributed by atoms with E-state index in [1.54, 1.807) is 25.3 Å². The van der Waals surface area contributed by atoms with Crippen molar-refractivity contribution in [3.8, 4) is 11.5 Å². The van der Waals surface area contributed by atoms with Crippen LogP contribution in [0.1, 0.15) is 17.5 Å². The molecule has 5 heteroatoms. The van der Waals surface area contributed by atoms with E-state index in [0.29, 0.717) is 17.9 Å². The molecule has 3 rings (SSSR count). The van der Waals surface area contributed by atoms with Gasteiger partial charge in [-0.05, 0) is 36.2 Å². The van der Waals surface area contributed by atoms with Crippen LogP contribution in [0.4, 0.5) is 0 Å². The fraction of sp³-hybridized carbons (Fsp3) is 0.188. The predicted molar refractivity (Wildman–Crippen MR) is 79.3 cm³/mol. The van der Waals surface area contributed by atoms with E-state index in [1.807, 2.05) is 24.3 Å². The molecule has 0 saturated heterocycles. The van der Waals surface area contributed by atoms with E-state index in [9.17, 15) is 5.11 Å². The van der Waals surface area contributed by atoms with Gasteiger partial charge in [-0.25, -0.2) is 4.98 Å². The molecule has 0 aliphatic carbocycles. The lowest BCUT2D eigenvalue weighted by Crippen LogP contribution is -2.13. The molecule has 1 atom stereocenters. The van der Waals surface area contributed by atoms with E-state index in [0.717, 1.165) is 16.8 Å². The van der Waals surface area contributed by atoms with Gasteiger partial charge in [0.2, 0.25) is 5.89 Å². The Morgan fingerprint density at radius 2 is 2.00 bits per heavy atom. The molecule has 0 spiro atoms. The van der Waals surface area contributed by atoms with Gasteiger partial charge in [0.1, 0.15) is 17.0 Å². The molecular weight excluding hydrogens is 268 g/mol. The van der Waals surface area contributed by atoms with Crippen molar-refractivity contribution in [1.29, 1.82) is 0 Å². The third-order valence-corrected chi connectivity index (χ3v) is 3.32. The lowest BCUT2D eigenvalue weighted by molar-refractivity contribution is 0.413. The molecule has 0 amide bonds. The van der Waals surface area contributed by atoms with Gasteiger partial charge in [-0.2, -0.15) is 0 Å². The van der Waals surface area contributed by atoms with Crippen LogP contribution in [0.5, 0.6) is 11.5 Å². The second kappa shape index (κ2) is 5.46. The summed E-state index contributed by atoms with van der Waals surface area (Å²) < 4.78 is 10.9. The van der Waals surface area contributed by atoms with Gasteiger partial charge < -0.3 is 20.0 Å². The van der Waals surface area contributed by atoms with E-state index in [2.05, 4.69) is 4.98 Å². The number of benzene rings is 2. The monoisotopic (exact) mass is 284 g/mol. The second-order valence-corrected chi connectivity index (χ2v) is 4.86. The molecule has 0 aliphatic rings. The van der Waals surface area contributed by atoms with Crippen LogP contribution in [0, 0.1) is 0 Å². The summed E-state index contributed by atoms with van der Waals surface area (Å²) in [6.07, 6.45) is 0.588. The van der Waals surface area contributed by atoms with Crippen LogP contribution in [-0.2, 0) is 6.42 Å². The Morgan fingerprint density at radius 3 is 2.71 bits per heavy atom. The van der Waals surface area contributed by atoms with Gasteiger partial charge in [0.05, 0.1) is 13.2 Å². The first-order valence-corrected chi connectivity index (χ1v) is 6.63.